The Morgan fingerprint density at radius 1 is 1.15 bits per heavy atom. The van der Waals surface area contributed by atoms with Crippen LogP contribution in [0.3, 0.4) is 0 Å². The number of aliphatic hydroxyl groups is 2. The second kappa shape index (κ2) is 7.54. The molecular weight excluding hydrogens is 351 g/mol. The van der Waals surface area contributed by atoms with E-state index in [2.05, 4.69) is 0 Å². The Labute approximate surface area is 149 Å². The molecule has 1 heterocycles. The van der Waals surface area contributed by atoms with Crippen molar-refractivity contribution < 1.29 is 32.9 Å². The first-order chi connectivity index (χ1) is 12.3. The third kappa shape index (κ3) is 4.19. The van der Waals surface area contributed by atoms with Gasteiger partial charge in [0.25, 0.3) is 0 Å². The minimum Gasteiger partial charge on any atom is -0.388 e. The van der Waals surface area contributed by atoms with Crippen LogP contribution in [-0.4, -0.2) is 47.2 Å². The number of ether oxygens (including phenoxy) is 1. The van der Waals surface area contributed by atoms with Crippen molar-refractivity contribution in [2.24, 2.45) is 5.92 Å². The highest BCUT2D eigenvalue weighted by atomic mass is 19.4. The number of aliphatic hydroxyl groups excluding tert-OH is 2. The van der Waals surface area contributed by atoms with Gasteiger partial charge in [0, 0.05) is 0 Å². The van der Waals surface area contributed by atoms with Gasteiger partial charge >= 0.3 is 12.1 Å². The lowest BCUT2D eigenvalue weighted by molar-refractivity contribution is -0.183. The van der Waals surface area contributed by atoms with E-state index in [0.717, 1.165) is 12.3 Å². The molecule has 5 nitrogen and oxygen atoms in total. The third-order valence-corrected chi connectivity index (χ3v) is 5.16. The van der Waals surface area contributed by atoms with Gasteiger partial charge in [0.2, 0.25) is 0 Å². The number of carbonyl (C=O) groups is 1. The maximum atomic E-state index is 12.3. The summed E-state index contributed by atoms with van der Waals surface area (Å²) < 4.78 is 42.4. The maximum Gasteiger partial charge on any atom is 0.471 e. The SMILES string of the molecule is O=C(N[C@@H]1CO[C@H](c2ccc(CC3CCC3)cc2)[C@H](O)[C@@H]1O)C(F)(F)F. The van der Waals surface area contributed by atoms with E-state index in [0.29, 0.717) is 5.56 Å². The lowest BCUT2D eigenvalue weighted by atomic mass is 9.81. The highest BCUT2D eigenvalue weighted by Gasteiger charge is 2.45. The topological polar surface area (TPSA) is 78.8 Å². The van der Waals surface area contributed by atoms with Gasteiger partial charge in [0.15, 0.2) is 0 Å². The zero-order valence-electron chi connectivity index (χ0n) is 14.1. The summed E-state index contributed by atoms with van der Waals surface area (Å²) in [5.41, 5.74) is 1.81. The van der Waals surface area contributed by atoms with Crippen LogP contribution in [0.2, 0.25) is 0 Å². The van der Waals surface area contributed by atoms with E-state index < -0.39 is 36.4 Å². The molecule has 3 rings (SSSR count). The molecule has 2 fully saturated rings. The summed E-state index contributed by atoms with van der Waals surface area (Å²) in [6.45, 7) is -0.325. The van der Waals surface area contributed by atoms with E-state index in [1.165, 1.54) is 24.8 Å². The summed E-state index contributed by atoms with van der Waals surface area (Å²) in [5, 5.41) is 22.0. The third-order valence-electron chi connectivity index (χ3n) is 5.16. The van der Waals surface area contributed by atoms with Gasteiger partial charge in [0.1, 0.15) is 18.3 Å². The molecule has 3 N–H and O–H groups in total. The zero-order chi connectivity index (χ0) is 18.9. The van der Waals surface area contributed by atoms with E-state index in [1.54, 1.807) is 17.4 Å². The van der Waals surface area contributed by atoms with Gasteiger partial charge in [-0.05, 0) is 23.5 Å². The Morgan fingerprint density at radius 2 is 1.81 bits per heavy atom. The highest BCUT2D eigenvalue weighted by Crippen LogP contribution is 2.32. The number of carbonyl (C=O) groups excluding carboxylic acids is 1. The number of amides is 1. The molecule has 1 aromatic rings. The molecule has 0 aromatic heterocycles. The van der Waals surface area contributed by atoms with Crippen molar-refractivity contribution in [3.05, 3.63) is 35.4 Å². The largest absolute Gasteiger partial charge is 0.471 e. The van der Waals surface area contributed by atoms with Crippen molar-refractivity contribution >= 4 is 5.91 Å². The van der Waals surface area contributed by atoms with Crippen LogP contribution < -0.4 is 5.32 Å². The van der Waals surface area contributed by atoms with Gasteiger partial charge < -0.3 is 20.3 Å². The summed E-state index contributed by atoms with van der Waals surface area (Å²) in [4.78, 5) is 11.0. The van der Waals surface area contributed by atoms with E-state index >= 15 is 0 Å². The van der Waals surface area contributed by atoms with Crippen LogP contribution in [0.4, 0.5) is 13.2 Å². The molecule has 26 heavy (non-hydrogen) atoms. The minimum absolute atomic E-state index is 0.325. The van der Waals surface area contributed by atoms with Crippen molar-refractivity contribution in [1.29, 1.82) is 0 Å². The second-order valence-electron chi connectivity index (χ2n) is 7.06. The number of halogens is 3. The van der Waals surface area contributed by atoms with E-state index in [1.807, 2.05) is 12.1 Å². The lowest BCUT2D eigenvalue weighted by Crippen LogP contribution is -2.58. The number of hydrogen-bond donors (Lipinski definition) is 3. The molecule has 1 aromatic carbocycles. The molecule has 8 heteroatoms. The normalized spacial score (nSPS) is 29.9. The van der Waals surface area contributed by atoms with Crippen LogP contribution in [0.1, 0.15) is 36.5 Å². The first kappa shape index (κ1) is 19.1. The van der Waals surface area contributed by atoms with E-state index in [4.69, 9.17) is 4.74 Å². The summed E-state index contributed by atoms with van der Waals surface area (Å²) in [5.74, 6) is -1.45. The monoisotopic (exact) mass is 373 g/mol. The second-order valence-corrected chi connectivity index (χ2v) is 7.06. The van der Waals surface area contributed by atoms with Gasteiger partial charge in [-0.3, -0.25) is 4.79 Å². The van der Waals surface area contributed by atoms with Crippen molar-refractivity contribution in [2.75, 3.05) is 6.61 Å². The van der Waals surface area contributed by atoms with E-state index in [9.17, 15) is 28.2 Å². The van der Waals surface area contributed by atoms with Crippen LogP contribution >= 0.6 is 0 Å². The molecule has 0 unspecified atom stereocenters. The summed E-state index contributed by atoms with van der Waals surface area (Å²) in [6, 6.07) is 6.14. The number of alkyl halides is 3. The molecule has 2 aliphatic rings. The van der Waals surface area contributed by atoms with Gasteiger partial charge in [-0.1, -0.05) is 43.5 Å². The lowest BCUT2D eigenvalue weighted by Gasteiger charge is -2.38. The summed E-state index contributed by atoms with van der Waals surface area (Å²) in [7, 11) is 0. The maximum absolute atomic E-state index is 12.3. The van der Waals surface area contributed by atoms with Crippen LogP contribution in [0.25, 0.3) is 0 Å². The minimum atomic E-state index is -5.06. The molecule has 0 radical (unpaired) electrons. The molecule has 144 valence electrons. The summed E-state index contributed by atoms with van der Waals surface area (Å²) >= 11 is 0. The molecule has 1 amide bonds. The van der Waals surface area contributed by atoms with Gasteiger partial charge in [-0.2, -0.15) is 13.2 Å². The van der Waals surface area contributed by atoms with E-state index in [-0.39, 0.29) is 6.61 Å². The quantitative estimate of drug-likeness (QED) is 0.753. The smallest absolute Gasteiger partial charge is 0.388 e. The Kier molecular flexibility index (Phi) is 5.55. The van der Waals surface area contributed by atoms with Crippen LogP contribution in [0.15, 0.2) is 24.3 Å². The molecule has 1 aliphatic heterocycles. The zero-order valence-corrected chi connectivity index (χ0v) is 14.1. The Balaban J connectivity index is 1.61. The number of hydrogen-bond acceptors (Lipinski definition) is 4. The fourth-order valence-electron chi connectivity index (χ4n) is 3.37. The van der Waals surface area contributed by atoms with Gasteiger partial charge in [-0.15, -0.1) is 0 Å². The predicted molar refractivity (Wildman–Crippen MR) is 86.2 cm³/mol. The Morgan fingerprint density at radius 3 is 2.35 bits per heavy atom. The van der Waals surface area contributed by atoms with Crippen molar-refractivity contribution in [3.63, 3.8) is 0 Å². The molecular formula is C18H22F3NO4. The average Bonchev–Trinajstić information content (AvgIpc) is 2.55. The predicted octanol–water partition coefficient (Wildman–Crippen LogP) is 1.87. The number of rotatable bonds is 4. The first-order valence-corrected chi connectivity index (χ1v) is 8.70. The molecule has 1 saturated carbocycles. The summed E-state index contributed by atoms with van der Waals surface area (Å²) in [6.07, 6.45) is -4.17. The van der Waals surface area contributed by atoms with Crippen LogP contribution in [0.5, 0.6) is 0 Å². The van der Waals surface area contributed by atoms with Crippen molar-refractivity contribution in [3.8, 4) is 0 Å². The molecule has 4 atom stereocenters. The fraction of sp³-hybridized carbons (Fsp3) is 0.611. The van der Waals surface area contributed by atoms with Crippen molar-refractivity contribution in [1.82, 2.24) is 5.32 Å². The van der Waals surface area contributed by atoms with Crippen LogP contribution in [0, 0.1) is 5.92 Å². The molecule has 1 saturated heterocycles. The first-order valence-electron chi connectivity index (χ1n) is 8.70. The molecule has 1 aliphatic carbocycles. The Bertz CT molecular complexity index is 630. The standard InChI is InChI=1S/C18H22F3NO4/c19-18(20,21)17(25)22-13-9-26-16(15(24)14(13)23)12-6-4-11(5-7-12)8-10-2-1-3-10/h4-7,10,13-16,23-24H,1-3,8-9H2,(H,22,25)/t13-,14-,15-,16-/m1/s1. The Hall–Kier alpha value is -1.64. The highest BCUT2D eigenvalue weighted by molar-refractivity contribution is 5.82. The molecule has 0 spiro atoms. The van der Waals surface area contributed by atoms with Crippen molar-refractivity contribution in [2.45, 2.75) is 56.2 Å². The van der Waals surface area contributed by atoms with Gasteiger partial charge in [0.05, 0.1) is 12.6 Å². The average molecular weight is 373 g/mol. The van der Waals surface area contributed by atoms with Crippen LogP contribution in [-0.2, 0) is 16.0 Å². The molecule has 0 bridgehead atoms. The number of nitrogens with one attached hydrogen (secondary N) is 1. The van der Waals surface area contributed by atoms with Gasteiger partial charge in [-0.25, -0.2) is 0 Å². The number of benzene rings is 1. The fourth-order valence-corrected chi connectivity index (χ4v) is 3.37.